The van der Waals surface area contributed by atoms with E-state index in [9.17, 15) is 32.3 Å². The second kappa shape index (κ2) is 10.8. The molecule has 0 spiro atoms. The third kappa shape index (κ3) is 5.83. The fraction of sp³-hybridized carbons (Fsp3) is 0.478. The first-order valence-electron chi connectivity index (χ1n) is 11.6. The number of carbonyl (C=O) groups excluding carboxylic acids is 1. The average Bonchev–Trinajstić information content (AvgIpc) is 2.86. The van der Waals surface area contributed by atoms with Gasteiger partial charge in [-0.15, -0.1) is 0 Å². The highest BCUT2D eigenvalue weighted by atomic mass is 127. The molecular formula is C23H25F4IN6O3. The molecule has 2 aliphatic rings. The molecule has 3 heterocycles. The lowest BCUT2D eigenvalue weighted by atomic mass is 9.88. The highest BCUT2D eigenvalue weighted by molar-refractivity contribution is 14.1. The van der Waals surface area contributed by atoms with E-state index < -0.39 is 47.4 Å². The highest BCUT2D eigenvalue weighted by Crippen LogP contribution is 2.34. The summed E-state index contributed by atoms with van der Waals surface area (Å²) in [6.45, 7) is 0.467. The molecule has 14 heteroatoms. The zero-order chi connectivity index (χ0) is 26.9. The van der Waals surface area contributed by atoms with Crippen LogP contribution in [0, 0.1) is 11.7 Å². The van der Waals surface area contributed by atoms with Crippen LogP contribution in [0.25, 0.3) is 0 Å². The van der Waals surface area contributed by atoms with Crippen LogP contribution in [0.5, 0.6) is 0 Å². The summed E-state index contributed by atoms with van der Waals surface area (Å²) in [6.07, 6.45) is -2.41. The van der Waals surface area contributed by atoms with E-state index in [2.05, 4.69) is 15.3 Å². The number of carbonyl (C=O) groups is 2. The van der Waals surface area contributed by atoms with Gasteiger partial charge in [-0.3, -0.25) is 9.59 Å². The molecule has 3 atom stereocenters. The van der Waals surface area contributed by atoms with E-state index >= 15 is 0 Å². The van der Waals surface area contributed by atoms with Gasteiger partial charge >= 0.3 is 12.1 Å². The Bertz CT molecular complexity index is 1180. The number of aromatic nitrogens is 2. The molecule has 2 fully saturated rings. The molecule has 0 aliphatic carbocycles. The molecule has 0 saturated carbocycles. The molecule has 200 valence electrons. The number of piperidine rings is 2. The predicted octanol–water partition coefficient (Wildman–Crippen LogP) is 3.53. The summed E-state index contributed by atoms with van der Waals surface area (Å²) >= 11 is 1.97. The molecule has 1 amide bonds. The second-order valence-electron chi connectivity index (χ2n) is 9.06. The molecule has 1 unspecified atom stereocenters. The quantitative estimate of drug-likeness (QED) is 0.250. The Labute approximate surface area is 223 Å². The monoisotopic (exact) mass is 636 g/mol. The number of carboxylic acids is 1. The van der Waals surface area contributed by atoms with E-state index in [1.165, 1.54) is 4.90 Å². The Morgan fingerprint density at radius 2 is 1.97 bits per heavy atom. The first kappa shape index (κ1) is 27.1. The number of alkyl halides is 4. The Balaban J connectivity index is 1.58. The summed E-state index contributed by atoms with van der Waals surface area (Å²) in [7, 11) is 0. The first-order valence-corrected chi connectivity index (χ1v) is 13.1. The number of aliphatic carboxylic acids is 1. The van der Waals surface area contributed by atoms with Gasteiger partial charge in [0.2, 0.25) is 11.7 Å². The largest absolute Gasteiger partial charge is 0.481 e. The van der Waals surface area contributed by atoms with Crippen molar-refractivity contribution in [3.8, 4) is 0 Å². The number of hydrogen-bond donors (Lipinski definition) is 3. The molecule has 37 heavy (non-hydrogen) atoms. The Hall–Kier alpha value is -2.91. The van der Waals surface area contributed by atoms with Gasteiger partial charge < -0.3 is 26.0 Å². The summed E-state index contributed by atoms with van der Waals surface area (Å²) < 4.78 is 55.1. The maximum absolute atomic E-state index is 14.6. The number of amides is 1. The third-order valence-corrected chi connectivity index (χ3v) is 7.57. The lowest BCUT2D eigenvalue weighted by Gasteiger charge is -2.45. The summed E-state index contributed by atoms with van der Waals surface area (Å²) in [5, 5.41) is 12.8. The summed E-state index contributed by atoms with van der Waals surface area (Å²) in [4.78, 5) is 36.1. The van der Waals surface area contributed by atoms with Crippen LogP contribution in [0.15, 0.2) is 24.5 Å². The van der Waals surface area contributed by atoms with Crippen LogP contribution in [0.4, 0.5) is 34.9 Å². The fourth-order valence-corrected chi connectivity index (χ4v) is 5.34. The third-order valence-electron chi connectivity index (χ3n) is 6.69. The van der Waals surface area contributed by atoms with Gasteiger partial charge in [-0.2, -0.15) is 17.6 Å². The summed E-state index contributed by atoms with van der Waals surface area (Å²) in [5.41, 5.74) is 5.37. The Morgan fingerprint density at radius 1 is 1.22 bits per heavy atom. The number of anilines is 3. The van der Waals surface area contributed by atoms with Crippen LogP contribution in [-0.4, -0.2) is 63.6 Å². The van der Waals surface area contributed by atoms with Gasteiger partial charge in [0.25, 0.3) is 0 Å². The van der Waals surface area contributed by atoms with Gasteiger partial charge in [-0.1, -0.05) is 22.6 Å². The van der Waals surface area contributed by atoms with Gasteiger partial charge in [-0.05, 0) is 43.0 Å². The van der Waals surface area contributed by atoms with E-state index in [0.717, 1.165) is 18.5 Å². The molecule has 4 N–H and O–H groups in total. The van der Waals surface area contributed by atoms with Crippen molar-refractivity contribution in [3.05, 3.63) is 41.5 Å². The van der Waals surface area contributed by atoms with Crippen LogP contribution < -0.4 is 16.0 Å². The van der Waals surface area contributed by atoms with Gasteiger partial charge in [-0.25, -0.2) is 9.97 Å². The minimum Gasteiger partial charge on any atom is -0.481 e. The normalized spacial score (nSPS) is 22.7. The van der Waals surface area contributed by atoms with Crippen molar-refractivity contribution in [3.63, 3.8) is 0 Å². The number of nitrogen functional groups attached to an aromatic ring is 1. The van der Waals surface area contributed by atoms with Crippen molar-refractivity contribution in [2.24, 2.45) is 5.92 Å². The van der Waals surface area contributed by atoms with Gasteiger partial charge in [0, 0.05) is 29.7 Å². The lowest BCUT2D eigenvalue weighted by Crippen LogP contribution is -2.61. The molecule has 2 saturated heterocycles. The Kier molecular flexibility index (Phi) is 7.94. The Morgan fingerprint density at radius 3 is 2.65 bits per heavy atom. The number of nitrogens with zero attached hydrogens (tertiary/aromatic N) is 4. The van der Waals surface area contributed by atoms with E-state index in [-0.39, 0.29) is 43.4 Å². The number of halogens is 5. The maximum Gasteiger partial charge on any atom is 0.416 e. The number of nitrogens with two attached hydrogens (primary N) is 1. The standard InChI is InChI=1S/C23H25F4IN6O3/c24-18-19(29)30-11-31-20(18)33-5-3-15(22(36)37)17(10-33)34-4-1-2-16(21(34)35)32-14-7-12(9-28)6-13(8-14)23(25,26)27/h6-8,11,15-17,32H,1-5,9-10H2,(H,36,37)(H2,29,30,31)/t15-,16?,17-/m0/s1. The maximum atomic E-state index is 14.6. The number of nitrogens with one attached hydrogen (secondary N) is 1. The minimum atomic E-state index is -4.54. The lowest BCUT2D eigenvalue weighted by molar-refractivity contribution is -0.149. The molecule has 9 nitrogen and oxygen atoms in total. The van der Waals surface area contributed by atoms with Crippen molar-refractivity contribution in [1.29, 1.82) is 0 Å². The first-order chi connectivity index (χ1) is 17.5. The van der Waals surface area contributed by atoms with Crippen LogP contribution in [0.2, 0.25) is 0 Å². The van der Waals surface area contributed by atoms with E-state index in [4.69, 9.17) is 5.73 Å². The molecule has 1 aromatic heterocycles. The van der Waals surface area contributed by atoms with E-state index in [1.807, 2.05) is 22.6 Å². The summed E-state index contributed by atoms with van der Waals surface area (Å²) in [5.74, 6) is -3.64. The van der Waals surface area contributed by atoms with Crippen molar-refractivity contribution in [1.82, 2.24) is 14.9 Å². The molecule has 2 aromatic rings. The van der Waals surface area contributed by atoms with Crippen LogP contribution >= 0.6 is 22.6 Å². The number of likely N-dealkylation sites (tertiary alicyclic amines) is 1. The number of carboxylic acid groups (broad SMARTS) is 1. The van der Waals surface area contributed by atoms with Crippen LogP contribution in [-0.2, 0) is 20.2 Å². The topological polar surface area (TPSA) is 125 Å². The number of rotatable bonds is 6. The van der Waals surface area contributed by atoms with Crippen molar-refractivity contribution in [2.75, 3.05) is 35.6 Å². The molecule has 0 radical (unpaired) electrons. The van der Waals surface area contributed by atoms with E-state index in [0.29, 0.717) is 22.8 Å². The van der Waals surface area contributed by atoms with Crippen LogP contribution in [0.1, 0.15) is 30.4 Å². The SMILES string of the molecule is Nc1ncnc(N2CC[C@H](C(=O)O)[C@@H](N3CCCC(Nc4cc(CI)cc(C(F)(F)F)c4)C3=O)C2)c1F. The molecule has 2 aliphatic heterocycles. The average molecular weight is 636 g/mol. The predicted molar refractivity (Wildman–Crippen MR) is 136 cm³/mol. The van der Waals surface area contributed by atoms with Gasteiger partial charge in [0.05, 0.1) is 17.5 Å². The van der Waals surface area contributed by atoms with E-state index in [1.54, 1.807) is 11.0 Å². The van der Waals surface area contributed by atoms with Crippen molar-refractivity contribution < 1.29 is 32.3 Å². The van der Waals surface area contributed by atoms with Crippen LogP contribution in [0.3, 0.4) is 0 Å². The zero-order valence-corrected chi connectivity index (χ0v) is 21.7. The molecule has 4 rings (SSSR count). The summed E-state index contributed by atoms with van der Waals surface area (Å²) in [6, 6.07) is 1.96. The minimum absolute atomic E-state index is 0.00530. The molecule has 0 bridgehead atoms. The van der Waals surface area contributed by atoms with Crippen molar-refractivity contribution >= 4 is 51.8 Å². The zero-order valence-electron chi connectivity index (χ0n) is 19.5. The molecular weight excluding hydrogens is 611 g/mol. The fourth-order valence-electron chi connectivity index (χ4n) is 4.90. The highest BCUT2D eigenvalue weighted by Gasteiger charge is 2.43. The van der Waals surface area contributed by atoms with Gasteiger partial charge in [0.15, 0.2) is 11.6 Å². The second-order valence-corrected chi connectivity index (χ2v) is 9.83. The number of benzene rings is 1. The van der Waals surface area contributed by atoms with Gasteiger partial charge in [0.1, 0.15) is 12.4 Å². The number of hydrogen-bond acceptors (Lipinski definition) is 7. The van der Waals surface area contributed by atoms with Crippen molar-refractivity contribution in [2.45, 2.75) is 41.9 Å². The smallest absolute Gasteiger partial charge is 0.416 e. The molecule has 1 aromatic carbocycles.